The fraction of sp³-hybridized carbons (Fsp3) is 0.889. The lowest BCUT2D eigenvalue weighted by Gasteiger charge is -2.38. The molecule has 14 heavy (non-hydrogen) atoms. The van der Waals surface area contributed by atoms with Gasteiger partial charge in [0.1, 0.15) is 6.10 Å². The van der Waals surface area contributed by atoms with Crippen LogP contribution in [0, 0.1) is 11.8 Å². The van der Waals surface area contributed by atoms with E-state index >= 15 is 0 Å². The maximum atomic E-state index is 10.7. The van der Waals surface area contributed by atoms with Crippen molar-refractivity contribution >= 4 is 5.97 Å². The van der Waals surface area contributed by atoms with Gasteiger partial charge in [0, 0.05) is 0 Å². The lowest BCUT2D eigenvalue weighted by Crippen LogP contribution is -2.52. The van der Waals surface area contributed by atoms with Gasteiger partial charge in [0.15, 0.2) is 0 Å². The zero-order valence-electron chi connectivity index (χ0n) is 8.00. The Balaban J connectivity index is 2.78. The van der Waals surface area contributed by atoms with E-state index in [2.05, 4.69) is 0 Å². The molecule has 0 spiro atoms. The highest BCUT2D eigenvalue weighted by molar-refractivity contribution is 5.71. The third-order valence-corrected chi connectivity index (χ3v) is 2.99. The van der Waals surface area contributed by atoms with Crippen LogP contribution in [0.15, 0.2) is 0 Å². The third-order valence-electron chi connectivity index (χ3n) is 2.99. The number of rotatable bonds is 2. The maximum absolute atomic E-state index is 10.7. The number of hydrogen-bond acceptors (Lipinski definition) is 4. The second kappa shape index (κ2) is 4.25. The van der Waals surface area contributed by atoms with Gasteiger partial charge in [0.2, 0.25) is 0 Å². The van der Waals surface area contributed by atoms with E-state index in [-0.39, 0.29) is 12.3 Å². The monoisotopic (exact) mass is 204 g/mol. The first-order valence-corrected chi connectivity index (χ1v) is 4.76. The summed E-state index contributed by atoms with van der Waals surface area (Å²) in [6.45, 7) is 1.82. The zero-order valence-corrected chi connectivity index (χ0v) is 8.00. The molecule has 1 aliphatic rings. The molecular formula is C9H16O5. The molecule has 1 fully saturated rings. The van der Waals surface area contributed by atoms with Crippen LogP contribution in [0.3, 0.4) is 0 Å². The van der Waals surface area contributed by atoms with E-state index in [0.29, 0.717) is 6.42 Å². The smallest absolute Gasteiger partial charge is 0.309 e. The van der Waals surface area contributed by atoms with Crippen molar-refractivity contribution in [1.29, 1.82) is 0 Å². The van der Waals surface area contributed by atoms with E-state index < -0.39 is 30.2 Å². The Morgan fingerprint density at radius 1 is 1.21 bits per heavy atom. The molecule has 0 saturated heterocycles. The van der Waals surface area contributed by atoms with Crippen molar-refractivity contribution in [2.45, 2.75) is 38.1 Å². The molecule has 5 heteroatoms. The van der Waals surface area contributed by atoms with Crippen LogP contribution in [0.1, 0.15) is 19.8 Å². The van der Waals surface area contributed by atoms with E-state index in [9.17, 15) is 20.1 Å². The van der Waals surface area contributed by atoms with Crippen LogP contribution < -0.4 is 0 Å². The van der Waals surface area contributed by atoms with Crippen LogP contribution in [-0.4, -0.2) is 44.7 Å². The van der Waals surface area contributed by atoms with E-state index in [4.69, 9.17) is 5.11 Å². The molecule has 0 radical (unpaired) electrons. The second-order valence-electron chi connectivity index (χ2n) is 3.82. The summed E-state index contributed by atoms with van der Waals surface area (Å²) in [4.78, 5) is 10.7. The van der Waals surface area contributed by atoms with Crippen molar-refractivity contribution in [3.05, 3.63) is 0 Å². The van der Waals surface area contributed by atoms with Crippen LogP contribution in [0.2, 0.25) is 0 Å². The molecule has 1 aliphatic carbocycles. The van der Waals surface area contributed by atoms with Crippen LogP contribution in [0.25, 0.3) is 0 Å². The van der Waals surface area contributed by atoms with Gasteiger partial charge in [-0.1, -0.05) is 13.3 Å². The van der Waals surface area contributed by atoms with Gasteiger partial charge in [0.05, 0.1) is 18.1 Å². The average molecular weight is 204 g/mol. The molecule has 5 atom stereocenters. The Morgan fingerprint density at radius 2 is 1.79 bits per heavy atom. The second-order valence-corrected chi connectivity index (χ2v) is 3.82. The fourth-order valence-electron chi connectivity index (χ4n) is 1.98. The predicted molar refractivity (Wildman–Crippen MR) is 47.5 cm³/mol. The van der Waals surface area contributed by atoms with Gasteiger partial charge in [0.25, 0.3) is 0 Å². The lowest BCUT2D eigenvalue weighted by atomic mass is 9.75. The molecule has 0 aromatic heterocycles. The van der Waals surface area contributed by atoms with Gasteiger partial charge in [-0.15, -0.1) is 0 Å². The summed E-state index contributed by atoms with van der Waals surface area (Å²) in [5.41, 5.74) is 0. The SMILES string of the molecule is CCC1CC(C(=O)O)C(O)C(O)C1O. The third kappa shape index (κ3) is 1.89. The average Bonchev–Trinajstić information content (AvgIpc) is 2.14. The standard InChI is InChI=1S/C9H16O5/c1-2-4-3-5(9(13)14)7(11)8(12)6(4)10/h4-8,10-12H,2-3H2,1H3,(H,13,14). The number of aliphatic hydroxyl groups excluding tert-OH is 3. The first-order valence-electron chi connectivity index (χ1n) is 4.76. The number of aliphatic carboxylic acids is 1. The van der Waals surface area contributed by atoms with Crippen LogP contribution in [0.4, 0.5) is 0 Å². The van der Waals surface area contributed by atoms with Crippen molar-refractivity contribution in [2.24, 2.45) is 11.8 Å². The molecule has 82 valence electrons. The van der Waals surface area contributed by atoms with E-state index in [1.807, 2.05) is 6.92 Å². The summed E-state index contributed by atoms with van der Waals surface area (Å²) >= 11 is 0. The van der Waals surface area contributed by atoms with Gasteiger partial charge in [-0.3, -0.25) is 4.79 Å². The number of carbonyl (C=O) groups is 1. The number of hydrogen-bond donors (Lipinski definition) is 4. The van der Waals surface area contributed by atoms with Crippen molar-refractivity contribution in [3.63, 3.8) is 0 Å². The first kappa shape index (κ1) is 11.4. The molecule has 5 nitrogen and oxygen atoms in total. The minimum absolute atomic E-state index is 0.214. The maximum Gasteiger partial charge on any atom is 0.309 e. The molecule has 0 aliphatic heterocycles. The molecule has 0 aromatic rings. The summed E-state index contributed by atoms with van der Waals surface area (Å²) in [7, 11) is 0. The molecule has 0 amide bonds. The predicted octanol–water partition coefficient (Wildman–Crippen LogP) is -0.800. The molecular weight excluding hydrogens is 188 g/mol. The minimum Gasteiger partial charge on any atom is -0.481 e. The van der Waals surface area contributed by atoms with E-state index in [1.54, 1.807) is 0 Å². The number of carboxylic acids is 1. The Labute approximate surface area is 82.0 Å². The van der Waals surface area contributed by atoms with Gasteiger partial charge in [-0.05, 0) is 12.3 Å². The van der Waals surface area contributed by atoms with Crippen molar-refractivity contribution in [2.75, 3.05) is 0 Å². The summed E-state index contributed by atoms with van der Waals surface area (Å²) in [5.74, 6) is -2.35. The minimum atomic E-state index is -1.37. The van der Waals surface area contributed by atoms with Crippen LogP contribution >= 0.6 is 0 Å². The van der Waals surface area contributed by atoms with Gasteiger partial charge >= 0.3 is 5.97 Å². The Hall–Kier alpha value is -0.650. The normalized spacial score (nSPS) is 43.6. The Kier molecular flexibility index (Phi) is 3.47. The molecule has 1 saturated carbocycles. The Bertz CT molecular complexity index is 215. The zero-order chi connectivity index (χ0) is 10.9. The molecule has 0 bridgehead atoms. The largest absolute Gasteiger partial charge is 0.481 e. The molecule has 4 N–H and O–H groups in total. The molecule has 5 unspecified atom stereocenters. The molecule has 1 rings (SSSR count). The quantitative estimate of drug-likeness (QED) is 0.472. The molecule has 0 heterocycles. The summed E-state index contributed by atoms with van der Waals surface area (Å²) in [5, 5.41) is 37.1. The first-order chi connectivity index (χ1) is 6.49. The fourth-order valence-corrected chi connectivity index (χ4v) is 1.98. The lowest BCUT2D eigenvalue weighted by molar-refractivity contribution is -0.168. The van der Waals surface area contributed by atoms with Crippen LogP contribution in [0.5, 0.6) is 0 Å². The van der Waals surface area contributed by atoms with Crippen LogP contribution in [-0.2, 0) is 4.79 Å². The van der Waals surface area contributed by atoms with Crippen molar-refractivity contribution < 1.29 is 25.2 Å². The van der Waals surface area contributed by atoms with Crippen molar-refractivity contribution in [3.8, 4) is 0 Å². The highest BCUT2D eigenvalue weighted by Crippen LogP contribution is 2.32. The summed E-state index contributed by atoms with van der Waals surface area (Å²) < 4.78 is 0. The van der Waals surface area contributed by atoms with Gasteiger partial charge < -0.3 is 20.4 Å². The topological polar surface area (TPSA) is 98.0 Å². The van der Waals surface area contributed by atoms with Gasteiger partial charge in [-0.25, -0.2) is 0 Å². The molecule has 0 aromatic carbocycles. The number of aliphatic hydroxyl groups is 3. The highest BCUT2D eigenvalue weighted by atomic mass is 16.4. The number of carboxylic acid groups (broad SMARTS) is 1. The highest BCUT2D eigenvalue weighted by Gasteiger charge is 2.44. The Morgan fingerprint density at radius 3 is 2.21 bits per heavy atom. The summed E-state index contributed by atoms with van der Waals surface area (Å²) in [6.07, 6.45) is -2.94. The van der Waals surface area contributed by atoms with E-state index in [0.717, 1.165) is 0 Å². The summed E-state index contributed by atoms with van der Waals surface area (Å²) in [6, 6.07) is 0. The van der Waals surface area contributed by atoms with Gasteiger partial charge in [-0.2, -0.15) is 0 Å². The van der Waals surface area contributed by atoms with Crippen molar-refractivity contribution in [1.82, 2.24) is 0 Å². The van der Waals surface area contributed by atoms with E-state index in [1.165, 1.54) is 0 Å².